The molecule has 0 fully saturated rings. The van der Waals surface area contributed by atoms with E-state index in [-0.39, 0.29) is 0 Å². The predicted octanol–water partition coefficient (Wildman–Crippen LogP) is 10.6. The molecule has 0 atom stereocenters. The number of hydrogen-bond acceptors (Lipinski definition) is 3. The third-order valence-corrected chi connectivity index (χ3v) is 9.59. The topological polar surface area (TPSA) is 25.8 Å². The van der Waals surface area contributed by atoms with Crippen LogP contribution in [0.2, 0.25) is 0 Å². The van der Waals surface area contributed by atoms with Gasteiger partial charge in [-0.25, -0.2) is 9.97 Å². The second kappa shape index (κ2) is 8.69. The van der Waals surface area contributed by atoms with E-state index in [4.69, 9.17) is 4.98 Å². The number of fused-ring (bicyclic) bond motifs is 13. The van der Waals surface area contributed by atoms with Gasteiger partial charge in [-0.15, -0.1) is 11.3 Å². The zero-order chi connectivity index (χ0) is 26.9. The first-order valence-corrected chi connectivity index (χ1v) is 14.6. The lowest BCUT2D eigenvalue weighted by molar-refractivity contribution is 1.29. The molecule has 190 valence electrons. The summed E-state index contributed by atoms with van der Waals surface area (Å²) in [5.74, 6) is 0. The summed E-state index contributed by atoms with van der Waals surface area (Å²) in [4.78, 5) is 9.43. The van der Waals surface area contributed by atoms with Crippen LogP contribution in [0, 0.1) is 0 Å². The summed E-state index contributed by atoms with van der Waals surface area (Å²) in [7, 11) is 0. The Kier molecular flexibility index (Phi) is 4.80. The Hall–Kier alpha value is -5.12. The van der Waals surface area contributed by atoms with E-state index in [1.54, 1.807) is 0 Å². The molecule has 0 saturated carbocycles. The van der Waals surface area contributed by atoms with Crippen LogP contribution in [0.3, 0.4) is 0 Å². The Morgan fingerprint density at radius 1 is 0.439 bits per heavy atom. The first-order chi connectivity index (χ1) is 20.3. The Bertz CT molecular complexity index is 2330. The van der Waals surface area contributed by atoms with E-state index < -0.39 is 0 Å². The van der Waals surface area contributed by atoms with Crippen molar-refractivity contribution in [3.8, 4) is 55.6 Å². The predicted molar refractivity (Wildman–Crippen MR) is 173 cm³/mol. The highest BCUT2D eigenvalue weighted by atomic mass is 32.1. The Labute approximate surface area is 241 Å². The van der Waals surface area contributed by atoms with Gasteiger partial charge in [-0.1, -0.05) is 97.1 Å². The number of rotatable bonds is 1. The molecule has 0 aliphatic heterocycles. The molecule has 8 aromatic rings. The van der Waals surface area contributed by atoms with E-state index in [0.29, 0.717) is 0 Å². The largest absolute Gasteiger partial charge is 0.237 e. The normalized spacial score (nSPS) is 11.9. The lowest BCUT2D eigenvalue weighted by atomic mass is 9.80. The standard InChI is InChI=1S/C38H22N2S/c1-3-11-27-25(9-1)26-10-2-4-12-28(26)34-22-40-38-32(16-8-20-39-38)36(34)30-19-18-23(21-33(27)30)24-14-7-15-31-29-13-5-6-17-35(29)41-37(24)31/h1-22H. The van der Waals surface area contributed by atoms with Gasteiger partial charge in [-0.05, 0) is 68.8 Å². The Morgan fingerprint density at radius 2 is 1.10 bits per heavy atom. The minimum absolute atomic E-state index is 0.766. The lowest BCUT2D eigenvalue weighted by Crippen LogP contribution is -1.99. The number of pyridine rings is 2. The van der Waals surface area contributed by atoms with Crippen molar-refractivity contribution < 1.29 is 0 Å². The fourth-order valence-electron chi connectivity index (χ4n) is 6.56. The molecule has 0 unspecified atom stereocenters. The van der Waals surface area contributed by atoms with Crippen molar-refractivity contribution >= 4 is 42.5 Å². The van der Waals surface area contributed by atoms with Gasteiger partial charge in [0, 0.05) is 49.1 Å². The van der Waals surface area contributed by atoms with Crippen molar-refractivity contribution in [3.63, 3.8) is 0 Å². The van der Waals surface area contributed by atoms with E-state index >= 15 is 0 Å². The van der Waals surface area contributed by atoms with Crippen molar-refractivity contribution in [1.82, 2.24) is 9.97 Å². The summed E-state index contributed by atoms with van der Waals surface area (Å²) in [5.41, 5.74) is 12.9. The zero-order valence-corrected chi connectivity index (χ0v) is 22.8. The zero-order valence-electron chi connectivity index (χ0n) is 22.0. The van der Waals surface area contributed by atoms with Crippen molar-refractivity contribution in [3.05, 3.63) is 134 Å². The van der Waals surface area contributed by atoms with Gasteiger partial charge in [0.1, 0.15) is 0 Å². The maximum atomic E-state index is 4.80. The molecule has 3 aromatic heterocycles. The molecule has 0 bridgehead atoms. The van der Waals surface area contributed by atoms with Gasteiger partial charge in [-0.3, -0.25) is 0 Å². The van der Waals surface area contributed by atoms with Crippen LogP contribution in [-0.4, -0.2) is 9.97 Å². The van der Waals surface area contributed by atoms with Crippen LogP contribution in [0.4, 0.5) is 0 Å². The van der Waals surface area contributed by atoms with Crippen molar-refractivity contribution in [2.45, 2.75) is 0 Å². The molecule has 0 saturated heterocycles. The Balaban J connectivity index is 1.41. The highest BCUT2D eigenvalue weighted by Gasteiger charge is 2.24. The summed E-state index contributed by atoms with van der Waals surface area (Å²) in [6.45, 7) is 0. The summed E-state index contributed by atoms with van der Waals surface area (Å²) in [5, 5.41) is 3.71. The van der Waals surface area contributed by atoms with Crippen molar-refractivity contribution in [1.29, 1.82) is 0 Å². The van der Waals surface area contributed by atoms with Gasteiger partial charge in [0.15, 0.2) is 5.65 Å². The van der Waals surface area contributed by atoms with Gasteiger partial charge in [0.25, 0.3) is 0 Å². The molecule has 2 nitrogen and oxygen atoms in total. The van der Waals surface area contributed by atoms with Gasteiger partial charge in [0.05, 0.1) is 0 Å². The monoisotopic (exact) mass is 538 g/mol. The molecule has 41 heavy (non-hydrogen) atoms. The molecule has 0 radical (unpaired) electrons. The first-order valence-electron chi connectivity index (χ1n) is 13.8. The van der Waals surface area contributed by atoms with Gasteiger partial charge >= 0.3 is 0 Å². The van der Waals surface area contributed by atoms with Crippen molar-refractivity contribution in [2.24, 2.45) is 0 Å². The van der Waals surface area contributed by atoms with Gasteiger partial charge in [-0.2, -0.15) is 0 Å². The lowest BCUT2D eigenvalue weighted by Gasteiger charge is -2.24. The molecular weight excluding hydrogens is 516 g/mol. The summed E-state index contributed by atoms with van der Waals surface area (Å²) < 4.78 is 2.65. The van der Waals surface area contributed by atoms with Crippen LogP contribution in [-0.2, 0) is 0 Å². The second-order valence-electron chi connectivity index (χ2n) is 10.6. The molecular formula is C38H22N2S. The number of thiophene rings is 1. The first kappa shape index (κ1) is 22.7. The van der Waals surface area contributed by atoms with E-state index in [1.165, 1.54) is 70.2 Å². The summed E-state index contributed by atoms with van der Waals surface area (Å²) in [6.07, 6.45) is 3.83. The van der Waals surface area contributed by atoms with E-state index in [2.05, 4.69) is 120 Å². The molecule has 3 heteroatoms. The SMILES string of the molecule is c1ccc2c(c1)-c1ccccc1-c1cnc3ncccc3c1-c1ccc(-c3cccc4c3sc3ccccc34)cc1-2. The van der Waals surface area contributed by atoms with Crippen molar-refractivity contribution in [2.75, 3.05) is 0 Å². The molecule has 0 spiro atoms. The fraction of sp³-hybridized carbons (Fsp3) is 0. The molecule has 5 aromatic carbocycles. The maximum Gasteiger partial charge on any atom is 0.159 e. The average molecular weight is 539 g/mol. The summed E-state index contributed by atoms with van der Waals surface area (Å²) in [6, 6.07) is 44.1. The number of aromatic nitrogens is 2. The minimum Gasteiger partial charge on any atom is -0.237 e. The number of hydrogen-bond donors (Lipinski definition) is 0. The quantitative estimate of drug-likeness (QED) is 0.208. The molecule has 1 aliphatic rings. The van der Waals surface area contributed by atoms with Crippen LogP contribution >= 0.6 is 11.3 Å². The molecule has 9 rings (SSSR count). The van der Waals surface area contributed by atoms with E-state index in [1.807, 2.05) is 29.8 Å². The smallest absolute Gasteiger partial charge is 0.159 e. The number of benzene rings is 5. The minimum atomic E-state index is 0.766. The van der Waals surface area contributed by atoms with Gasteiger partial charge < -0.3 is 0 Å². The molecule has 0 N–H and O–H groups in total. The molecule has 1 aliphatic carbocycles. The van der Waals surface area contributed by atoms with E-state index in [0.717, 1.165) is 16.6 Å². The van der Waals surface area contributed by atoms with Crippen LogP contribution in [0.1, 0.15) is 0 Å². The fourth-order valence-corrected chi connectivity index (χ4v) is 7.80. The van der Waals surface area contributed by atoms with Gasteiger partial charge in [0.2, 0.25) is 0 Å². The average Bonchev–Trinajstić information content (AvgIpc) is 3.42. The number of nitrogens with zero attached hydrogens (tertiary/aromatic N) is 2. The van der Waals surface area contributed by atoms with Crippen LogP contribution in [0.5, 0.6) is 0 Å². The third kappa shape index (κ3) is 3.30. The van der Waals surface area contributed by atoms with Crippen LogP contribution < -0.4 is 0 Å². The third-order valence-electron chi connectivity index (χ3n) is 8.37. The molecule has 0 amide bonds. The molecule has 3 heterocycles. The highest BCUT2D eigenvalue weighted by molar-refractivity contribution is 7.26. The van der Waals surface area contributed by atoms with E-state index in [9.17, 15) is 0 Å². The van der Waals surface area contributed by atoms with Crippen LogP contribution in [0.25, 0.3) is 86.8 Å². The van der Waals surface area contributed by atoms with Crippen LogP contribution in [0.15, 0.2) is 134 Å². The maximum absolute atomic E-state index is 4.80. The Morgan fingerprint density at radius 3 is 1.93 bits per heavy atom. The highest BCUT2D eigenvalue weighted by Crippen LogP contribution is 2.50. The second-order valence-corrected chi connectivity index (χ2v) is 11.6. The summed E-state index contributed by atoms with van der Waals surface area (Å²) >= 11 is 1.88.